The number of hydrogen-bond donors (Lipinski definition) is 1. The summed E-state index contributed by atoms with van der Waals surface area (Å²) >= 11 is 3.65. The number of hydrogen-bond acceptors (Lipinski definition) is 5. The van der Waals surface area contributed by atoms with Crippen molar-refractivity contribution in [3.63, 3.8) is 0 Å². The van der Waals surface area contributed by atoms with E-state index in [4.69, 9.17) is 9.47 Å². The lowest BCUT2D eigenvalue weighted by Gasteiger charge is -2.42. The Kier molecular flexibility index (Phi) is 3.80. The highest BCUT2D eigenvalue weighted by Gasteiger charge is 2.38. The average Bonchev–Trinajstić information content (AvgIpc) is 3.04. The number of piperazine rings is 1. The largest absolute Gasteiger partial charge is 0.454 e. The van der Waals surface area contributed by atoms with Crippen LogP contribution < -0.4 is 9.47 Å². The van der Waals surface area contributed by atoms with E-state index in [9.17, 15) is 5.11 Å². The molecule has 0 bridgehead atoms. The molecule has 5 nitrogen and oxygen atoms in total. The Morgan fingerprint density at radius 1 is 1.23 bits per heavy atom. The van der Waals surface area contributed by atoms with Gasteiger partial charge in [-0.25, -0.2) is 0 Å². The summed E-state index contributed by atoms with van der Waals surface area (Å²) in [7, 11) is 0. The molecule has 1 N–H and O–H groups in total. The van der Waals surface area contributed by atoms with E-state index >= 15 is 0 Å². The number of rotatable bonds is 2. The lowest BCUT2D eigenvalue weighted by Crippen LogP contribution is -2.54. The van der Waals surface area contributed by atoms with E-state index in [1.807, 2.05) is 6.07 Å². The second-order valence-corrected chi connectivity index (χ2v) is 7.43. The van der Waals surface area contributed by atoms with Crippen molar-refractivity contribution < 1.29 is 14.6 Å². The molecule has 6 heteroatoms. The normalized spacial score (nSPS) is 31.5. The van der Waals surface area contributed by atoms with E-state index in [0.29, 0.717) is 18.9 Å². The first-order chi connectivity index (χ1) is 10.6. The molecule has 2 fully saturated rings. The van der Waals surface area contributed by atoms with Gasteiger partial charge in [-0.2, -0.15) is 0 Å². The second-order valence-electron chi connectivity index (χ2n) is 6.57. The maximum Gasteiger partial charge on any atom is 0.231 e. The standard InChI is InChI=1S/C16H21BrN2O3/c1-10-5-19-8-13(20)3-12(19)7-18(10)6-11-2-15-16(4-14(11)17)22-9-21-15/h2,4,10,12-13,20H,3,5-9H2,1H3/t10-,12?,13+/m0/s1. The van der Waals surface area contributed by atoms with Gasteiger partial charge >= 0.3 is 0 Å². The zero-order valence-corrected chi connectivity index (χ0v) is 14.3. The zero-order valence-electron chi connectivity index (χ0n) is 12.7. The molecule has 1 unspecified atom stereocenters. The van der Waals surface area contributed by atoms with Gasteiger partial charge in [0.1, 0.15) is 0 Å². The van der Waals surface area contributed by atoms with Gasteiger partial charge in [-0.1, -0.05) is 15.9 Å². The molecule has 0 saturated carbocycles. The fourth-order valence-electron chi connectivity index (χ4n) is 3.80. The summed E-state index contributed by atoms with van der Waals surface area (Å²) < 4.78 is 12.0. The van der Waals surface area contributed by atoms with Gasteiger partial charge in [-0.05, 0) is 31.0 Å². The predicted molar refractivity (Wildman–Crippen MR) is 86.1 cm³/mol. The molecule has 3 atom stereocenters. The number of halogens is 1. The Morgan fingerprint density at radius 2 is 2.00 bits per heavy atom. The van der Waals surface area contributed by atoms with Crippen molar-refractivity contribution in [3.8, 4) is 11.5 Å². The minimum Gasteiger partial charge on any atom is -0.454 e. The number of ether oxygens (including phenoxy) is 2. The number of nitrogens with zero attached hydrogens (tertiary/aromatic N) is 2. The summed E-state index contributed by atoms with van der Waals surface area (Å²) in [6, 6.07) is 5.05. The molecule has 0 aliphatic carbocycles. The van der Waals surface area contributed by atoms with E-state index in [0.717, 1.165) is 48.6 Å². The molecule has 1 aromatic carbocycles. The monoisotopic (exact) mass is 368 g/mol. The van der Waals surface area contributed by atoms with E-state index in [-0.39, 0.29) is 6.10 Å². The van der Waals surface area contributed by atoms with Crippen LogP contribution in [0.4, 0.5) is 0 Å². The van der Waals surface area contributed by atoms with Crippen LogP contribution in [0.15, 0.2) is 16.6 Å². The first-order valence-electron chi connectivity index (χ1n) is 7.84. The number of benzene rings is 1. The molecule has 120 valence electrons. The smallest absolute Gasteiger partial charge is 0.231 e. The van der Waals surface area contributed by atoms with Crippen LogP contribution in [0, 0.1) is 0 Å². The Morgan fingerprint density at radius 3 is 2.82 bits per heavy atom. The lowest BCUT2D eigenvalue weighted by atomic mass is 10.1. The van der Waals surface area contributed by atoms with Crippen LogP contribution in [0.3, 0.4) is 0 Å². The van der Waals surface area contributed by atoms with Gasteiger partial charge in [-0.15, -0.1) is 0 Å². The van der Waals surface area contributed by atoms with Crippen molar-refractivity contribution in [2.24, 2.45) is 0 Å². The van der Waals surface area contributed by atoms with Crippen LogP contribution in [0.5, 0.6) is 11.5 Å². The number of aliphatic hydroxyl groups is 1. The van der Waals surface area contributed by atoms with Gasteiger partial charge in [0.05, 0.1) is 6.10 Å². The first-order valence-corrected chi connectivity index (χ1v) is 8.63. The quantitative estimate of drug-likeness (QED) is 0.862. The predicted octanol–water partition coefficient (Wildman–Crippen LogP) is 1.82. The molecular formula is C16H21BrN2O3. The van der Waals surface area contributed by atoms with E-state index in [1.54, 1.807) is 0 Å². The maximum absolute atomic E-state index is 9.87. The van der Waals surface area contributed by atoms with Crippen molar-refractivity contribution in [2.45, 2.75) is 38.1 Å². The van der Waals surface area contributed by atoms with E-state index in [1.165, 1.54) is 5.56 Å². The van der Waals surface area contributed by atoms with Gasteiger partial charge in [-0.3, -0.25) is 9.80 Å². The average molecular weight is 369 g/mol. The number of fused-ring (bicyclic) bond motifs is 2. The Balaban J connectivity index is 1.51. The molecule has 1 aromatic rings. The summed E-state index contributed by atoms with van der Waals surface area (Å²) in [6.07, 6.45) is 0.736. The lowest BCUT2D eigenvalue weighted by molar-refractivity contribution is 0.0527. The van der Waals surface area contributed by atoms with Crippen molar-refractivity contribution in [1.29, 1.82) is 0 Å². The fourth-order valence-corrected chi connectivity index (χ4v) is 4.24. The molecular weight excluding hydrogens is 348 g/mol. The topological polar surface area (TPSA) is 45.2 Å². The van der Waals surface area contributed by atoms with Gasteiger partial charge in [0, 0.05) is 42.7 Å². The zero-order chi connectivity index (χ0) is 15.3. The van der Waals surface area contributed by atoms with Crippen LogP contribution in [-0.2, 0) is 6.54 Å². The van der Waals surface area contributed by atoms with Crippen LogP contribution in [-0.4, -0.2) is 59.5 Å². The molecule has 0 spiro atoms. The third-order valence-corrected chi connectivity index (χ3v) is 5.73. The summed E-state index contributed by atoms with van der Waals surface area (Å²) in [6.45, 7) is 6.33. The molecule has 22 heavy (non-hydrogen) atoms. The minimum absolute atomic E-state index is 0.158. The molecule has 4 rings (SSSR count). The summed E-state index contributed by atoms with van der Waals surface area (Å²) in [5, 5.41) is 9.87. The SMILES string of the molecule is C[C@H]1CN2C[C@H](O)CC2CN1Cc1cc2c(cc1Br)OCO2. The third-order valence-electron chi connectivity index (χ3n) is 4.99. The van der Waals surface area contributed by atoms with Crippen LogP contribution in [0.2, 0.25) is 0 Å². The minimum atomic E-state index is -0.158. The molecule has 3 heterocycles. The van der Waals surface area contributed by atoms with Crippen LogP contribution in [0.25, 0.3) is 0 Å². The Labute approximate surface area is 138 Å². The molecule has 0 radical (unpaired) electrons. The number of aliphatic hydroxyl groups excluding tert-OH is 1. The Bertz CT molecular complexity index is 583. The molecule has 2 saturated heterocycles. The molecule has 3 aliphatic rings. The molecule has 0 amide bonds. The summed E-state index contributed by atoms with van der Waals surface area (Å²) in [4.78, 5) is 4.93. The van der Waals surface area contributed by atoms with Crippen LogP contribution >= 0.6 is 15.9 Å². The highest BCUT2D eigenvalue weighted by atomic mass is 79.9. The summed E-state index contributed by atoms with van der Waals surface area (Å²) in [5.41, 5.74) is 1.23. The van der Waals surface area contributed by atoms with Crippen molar-refractivity contribution in [2.75, 3.05) is 26.4 Å². The van der Waals surface area contributed by atoms with Gasteiger partial charge < -0.3 is 14.6 Å². The highest BCUT2D eigenvalue weighted by Crippen LogP contribution is 2.38. The van der Waals surface area contributed by atoms with Crippen molar-refractivity contribution in [1.82, 2.24) is 9.80 Å². The molecule has 3 aliphatic heterocycles. The Hall–Kier alpha value is -0.820. The van der Waals surface area contributed by atoms with Gasteiger partial charge in [0.25, 0.3) is 0 Å². The van der Waals surface area contributed by atoms with Gasteiger partial charge in [0.15, 0.2) is 11.5 Å². The van der Waals surface area contributed by atoms with E-state index < -0.39 is 0 Å². The maximum atomic E-state index is 9.87. The highest BCUT2D eigenvalue weighted by molar-refractivity contribution is 9.10. The molecule has 0 aromatic heterocycles. The third kappa shape index (κ3) is 2.62. The van der Waals surface area contributed by atoms with Crippen molar-refractivity contribution >= 4 is 15.9 Å². The first kappa shape index (κ1) is 14.8. The van der Waals surface area contributed by atoms with Gasteiger partial charge in [0.2, 0.25) is 6.79 Å². The second kappa shape index (κ2) is 5.67. The van der Waals surface area contributed by atoms with Crippen LogP contribution in [0.1, 0.15) is 18.9 Å². The van der Waals surface area contributed by atoms with Crippen molar-refractivity contribution in [3.05, 3.63) is 22.2 Å². The fraction of sp³-hybridized carbons (Fsp3) is 0.625. The summed E-state index contributed by atoms with van der Waals surface area (Å²) in [5.74, 6) is 1.65. The van der Waals surface area contributed by atoms with E-state index in [2.05, 4.69) is 38.7 Å².